The summed E-state index contributed by atoms with van der Waals surface area (Å²) in [5, 5.41) is 2.75. The molecule has 9 heteroatoms. The first-order valence-electron chi connectivity index (χ1n) is 9.60. The monoisotopic (exact) mass is 459 g/mol. The molecule has 32 heavy (non-hydrogen) atoms. The molecule has 0 atom stereocenters. The van der Waals surface area contributed by atoms with Gasteiger partial charge in [-0.2, -0.15) is 0 Å². The van der Waals surface area contributed by atoms with Gasteiger partial charge in [0.1, 0.15) is 11.6 Å². The number of nitrogens with one attached hydrogen (secondary N) is 1. The fourth-order valence-electron chi connectivity index (χ4n) is 3.23. The zero-order chi connectivity index (χ0) is 23.6. The highest BCUT2D eigenvalue weighted by molar-refractivity contribution is 7.92. The number of amides is 1. The number of carbonyl (C=O) groups excluding carboxylic acids is 1. The molecule has 0 aliphatic rings. The van der Waals surface area contributed by atoms with Crippen LogP contribution in [0.2, 0.25) is 0 Å². The van der Waals surface area contributed by atoms with Crippen LogP contribution in [0.25, 0.3) is 11.1 Å². The van der Waals surface area contributed by atoms with Gasteiger partial charge in [-0.1, -0.05) is 18.2 Å². The molecule has 0 heterocycles. The predicted molar refractivity (Wildman–Crippen MR) is 124 cm³/mol. The molecule has 0 aromatic heterocycles. The Hall–Kier alpha value is -3.46. The Morgan fingerprint density at radius 1 is 0.906 bits per heavy atom. The van der Waals surface area contributed by atoms with Crippen LogP contribution in [0.5, 0.6) is 0 Å². The maximum Gasteiger partial charge on any atom is 0.257 e. The van der Waals surface area contributed by atoms with Crippen LogP contribution in [0.15, 0.2) is 60.7 Å². The van der Waals surface area contributed by atoms with Crippen molar-refractivity contribution in [3.63, 3.8) is 0 Å². The smallest absolute Gasteiger partial charge is 0.257 e. The number of hydrogen-bond donors (Lipinski definition) is 1. The average molecular weight is 460 g/mol. The van der Waals surface area contributed by atoms with E-state index < -0.39 is 27.6 Å². The van der Waals surface area contributed by atoms with Gasteiger partial charge in [0.25, 0.3) is 5.91 Å². The lowest BCUT2D eigenvalue weighted by Crippen LogP contribution is -2.27. The van der Waals surface area contributed by atoms with E-state index in [4.69, 9.17) is 0 Å². The van der Waals surface area contributed by atoms with Gasteiger partial charge < -0.3 is 10.2 Å². The lowest BCUT2D eigenvalue weighted by molar-refractivity contribution is 0.102. The summed E-state index contributed by atoms with van der Waals surface area (Å²) in [6, 6.07) is 14.6. The number of nitrogens with zero attached hydrogens (tertiary/aromatic N) is 2. The Morgan fingerprint density at radius 3 is 2.22 bits per heavy atom. The minimum atomic E-state index is -3.64. The highest BCUT2D eigenvalue weighted by Crippen LogP contribution is 2.34. The molecular formula is C23H23F2N3O3S. The first-order chi connectivity index (χ1) is 15.0. The minimum Gasteiger partial charge on any atom is -0.377 e. The maximum atomic E-state index is 14.3. The van der Waals surface area contributed by atoms with Crippen molar-refractivity contribution < 1.29 is 22.0 Å². The summed E-state index contributed by atoms with van der Waals surface area (Å²) in [5.74, 6) is -1.95. The quantitative estimate of drug-likeness (QED) is 0.595. The molecule has 168 valence electrons. The molecule has 0 saturated carbocycles. The molecule has 0 aliphatic heterocycles. The lowest BCUT2D eigenvalue weighted by atomic mass is 10.0. The van der Waals surface area contributed by atoms with Crippen LogP contribution in [0.3, 0.4) is 0 Å². The number of hydrogen-bond acceptors (Lipinski definition) is 4. The lowest BCUT2D eigenvalue weighted by Gasteiger charge is -2.22. The molecule has 6 nitrogen and oxygen atoms in total. The second-order valence-corrected chi connectivity index (χ2v) is 9.47. The van der Waals surface area contributed by atoms with Crippen LogP contribution >= 0.6 is 0 Å². The van der Waals surface area contributed by atoms with Crippen molar-refractivity contribution in [3.8, 4) is 11.1 Å². The van der Waals surface area contributed by atoms with Crippen LogP contribution in [0, 0.1) is 11.6 Å². The molecule has 0 saturated heterocycles. The summed E-state index contributed by atoms with van der Waals surface area (Å²) in [4.78, 5) is 14.9. The predicted octanol–water partition coefficient (Wildman–Crippen LogP) is 4.35. The number of carbonyl (C=O) groups is 1. The van der Waals surface area contributed by atoms with Crippen molar-refractivity contribution in [2.75, 3.05) is 41.9 Å². The molecule has 1 amide bonds. The number of para-hydroxylation sites is 1. The number of anilines is 3. The summed E-state index contributed by atoms with van der Waals surface area (Å²) < 4.78 is 53.0. The number of benzene rings is 3. The van der Waals surface area contributed by atoms with Crippen molar-refractivity contribution in [2.24, 2.45) is 0 Å². The van der Waals surface area contributed by atoms with Gasteiger partial charge in [0.05, 0.1) is 23.2 Å². The molecule has 1 N–H and O–H groups in total. The van der Waals surface area contributed by atoms with Gasteiger partial charge in [0.15, 0.2) is 0 Å². The van der Waals surface area contributed by atoms with E-state index in [9.17, 15) is 22.0 Å². The summed E-state index contributed by atoms with van der Waals surface area (Å²) in [6.07, 6.45) is 1.04. The highest BCUT2D eigenvalue weighted by Gasteiger charge is 2.20. The number of rotatable bonds is 6. The van der Waals surface area contributed by atoms with Gasteiger partial charge in [-0.05, 0) is 42.0 Å². The summed E-state index contributed by atoms with van der Waals surface area (Å²) >= 11 is 0. The summed E-state index contributed by atoms with van der Waals surface area (Å²) in [6.45, 7) is 0. The SMILES string of the molecule is CN(C)c1ccccc1C(=O)Nc1cc(-c2ccc(F)cc2F)ccc1N(C)S(C)(=O)=O. The highest BCUT2D eigenvalue weighted by atomic mass is 32.2. The summed E-state index contributed by atoms with van der Waals surface area (Å²) in [7, 11) is 1.31. The first-order valence-corrected chi connectivity index (χ1v) is 11.4. The molecule has 3 aromatic carbocycles. The van der Waals surface area contributed by atoms with Crippen molar-refractivity contribution in [2.45, 2.75) is 0 Å². The Kier molecular flexibility index (Phi) is 6.50. The van der Waals surface area contributed by atoms with Gasteiger partial charge in [-0.3, -0.25) is 9.10 Å². The van der Waals surface area contributed by atoms with E-state index in [2.05, 4.69) is 5.32 Å². The number of halogens is 2. The Balaban J connectivity index is 2.12. The molecule has 0 radical (unpaired) electrons. The van der Waals surface area contributed by atoms with E-state index >= 15 is 0 Å². The number of sulfonamides is 1. The van der Waals surface area contributed by atoms with Crippen LogP contribution < -0.4 is 14.5 Å². The maximum absolute atomic E-state index is 14.3. The van der Waals surface area contributed by atoms with E-state index in [0.29, 0.717) is 16.8 Å². The third-order valence-corrected chi connectivity index (χ3v) is 6.15. The van der Waals surface area contributed by atoms with Gasteiger partial charge in [-0.25, -0.2) is 17.2 Å². The van der Waals surface area contributed by atoms with E-state index in [1.807, 2.05) is 0 Å². The molecule has 0 unspecified atom stereocenters. The van der Waals surface area contributed by atoms with E-state index in [1.165, 1.54) is 31.3 Å². The molecule has 3 aromatic rings. The third kappa shape index (κ3) is 4.88. The van der Waals surface area contributed by atoms with E-state index in [1.54, 1.807) is 43.3 Å². The second kappa shape index (κ2) is 8.96. The van der Waals surface area contributed by atoms with E-state index in [0.717, 1.165) is 22.7 Å². The van der Waals surface area contributed by atoms with Gasteiger partial charge >= 0.3 is 0 Å². The Labute approximate surface area is 186 Å². The molecular weight excluding hydrogens is 436 g/mol. The Morgan fingerprint density at radius 2 is 1.59 bits per heavy atom. The normalized spacial score (nSPS) is 11.2. The largest absolute Gasteiger partial charge is 0.377 e. The van der Waals surface area contributed by atoms with Crippen LogP contribution in [0.1, 0.15) is 10.4 Å². The zero-order valence-electron chi connectivity index (χ0n) is 18.1. The average Bonchev–Trinajstić information content (AvgIpc) is 2.72. The molecule has 3 rings (SSSR count). The standard InChI is InChI=1S/C23H23F2N3O3S/c1-27(2)21-8-6-5-7-18(21)23(29)26-20-13-15(17-11-10-16(24)14-19(17)25)9-12-22(20)28(3)32(4,30)31/h5-14H,1-4H3,(H,26,29). The van der Waals surface area contributed by atoms with Crippen molar-refractivity contribution in [3.05, 3.63) is 77.9 Å². The summed E-state index contributed by atoms with van der Waals surface area (Å²) in [5.41, 5.74) is 1.88. The van der Waals surface area contributed by atoms with Crippen molar-refractivity contribution in [1.82, 2.24) is 0 Å². The van der Waals surface area contributed by atoms with Crippen molar-refractivity contribution >= 4 is 33.0 Å². The molecule has 0 aliphatic carbocycles. The molecule has 0 fully saturated rings. The topological polar surface area (TPSA) is 69.7 Å². The third-order valence-electron chi connectivity index (χ3n) is 4.95. The van der Waals surface area contributed by atoms with E-state index in [-0.39, 0.29) is 16.9 Å². The minimum absolute atomic E-state index is 0.115. The Bertz CT molecular complexity index is 1280. The van der Waals surface area contributed by atoms with Gasteiger partial charge in [0, 0.05) is 38.5 Å². The van der Waals surface area contributed by atoms with Crippen LogP contribution in [-0.4, -0.2) is 41.7 Å². The van der Waals surface area contributed by atoms with Crippen LogP contribution in [0.4, 0.5) is 25.8 Å². The van der Waals surface area contributed by atoms with Gasteiger partial charge in [0.2, 0.25) is 10.0 Å². The first kappa shape index (κ1) is 23.2. The fraction of sp³-hybridized carbons (Fsp3) is 0.174. The van der Waals surface area contributed by atoms with Gasteiger partial charge in [-0.15, -0.1) is 0 Å². The van der Waals surface area contributed by atoms with Crippen molar-refractivity contribution in [1.29, 1.82) is 0 Å². The second-order valence-electron chi connectivity index (χ2n) is 7.45. The fourth-order valence-corrected chi connectivity index (χ4v) is 3.74. The van der Waals surface area contributed by atoms with Crippen LogP contribution in [-0.2, 0) is 10.0 Å². The zero-order valence-corrected chi connectivity index (χ0v) is 18.9. The molecule has 0 spiro atoms. The molecule has 0 bridgehead atoms.